The summed E-state index contributed by atoms with van der Waals surface area (Å²) in [5.74, 6) is 0. The van der Waals surface area contributed by atoms with Gasteiger partial charge in [-0.1, -0.05) is 0 Å². The topological polar surface area (TPSA) is 115 Å². The minimum absolute atomic E-state index is 0. The molecule has 0 heterocycles. The summed E-state index contributed by atoms with van der Waals surface area (Å²) >= 11 is 1.71. The molecule has 0 aliphatic heterocycles. The third kappa shape index (κ3) is 307. The van der Waals surface area contributed by atoms with E-state index in [1.165, 1.54) is 0 Å². The molecule has 6 nitrogen and oxygen atoms in total. The van der Waals surface area contributed by atoms with E-state index in [-0.39, 0.29) is 1.43 Å². The maximum atomic E-state index is 9.33. The molecule has 4 N–H and O–H groups in total. The zero-order valence-electron chi connectivity index (χ0n) is 6.50. The van der Waals surface area contributed by atoms with E-state index in [0.29, 0.717) is 0 Å². The summed E-state index contributed by atoms with van der Waals surface area (Å²) in [6, 6.07) is -7.28. The quantitative estimate of drug-likeness (QED) is 0.267. The molecule has 0 saturated carbocycles. The monoisotopic (exact) mass is 177 g/mol. The summed E-state index contributed by atoms with van der Waals surface area (Å²) in [7, 11) is 0. The average molecular weight is 177 g/mol. The van der Waals surface area contributed by atoms with E-state index in [4.69, 9.17) is 19.6 Å². The Kier molecular flexibility index (Phi) is 7.30. The van der Waals surface area contributed by atoms with Crippen LogP contribution in [0.15, 0.2) is 0 Å². The van der Waals surface area contributed by atoms with Gasteiger partial charge in [0.25, 0.3) is 0 Å². The van der Waals surface area contributed by atoms with Crippen molar-refractivity contribution >= 4 is 46.5 Å². The second-order valence-corrected chi connectivity index (χ2v) is 5.01. The molecular weight excluding hydrogens is 172 g/mol. The van der Waals surface area contributed by atoms with Crippen LogP contribution in [0.4, 0.5) is 0 Å². The molecule has 0 aromatic rings. The standard InChI is InChI=1S/2Li.2HO3P/c;;2*1-4(2)3/h;;2*(H-,1,2,3)/q2*-1;;/p+3. The van der Waals surface area contributed by atoms with Gasteiger partial charge in [0.1, 0.15) is 0 Å². The predicted molar refractivity (Wildman–Crippen MR) is 36.7 cm³/mol. The van der Waals surface area contributed by atoms with Crippen LogP contribution in [-0.4, -0.2) is 54.1 Å². The Hall–Kier alpha value is 1.49. The fraction of sp³-hybridized carbons (Fsp3) is 0. The predicted octanol–water partition coefficient (Wildman–Crippen LogP) is -1.39. The third-order valence-corrected chi connectivity index (χ3v) is 0. The van der Waals surface area contributed by atoms with Crippen LogP contribution in [0.5, 0.6) is 0 Å². The van der Waals surface area contributed by atoms with E-state index >= 15 is 0 Å². The average Bonchev–Trinajstić information content (AvgIpc) is 1.12. The van der Waals surface area contributed by atoms with Gasteiger partial charge in [-0.05, 0) is 0 Å². The number of hydrogen-bond acceptors (Lipinski definition) is 2. The molecule has 52 valence electrons. The zero-order chi connectivity index (χ0) is 9.00. The normalized spacial score (nSPS) is 12.0. The summed E-state index contributed by atoms with van der Waals surface area (Å²) < 4.78 is 18.7. The van der Waals surface area contributed by atoms with Crippen molar-refractivity contribution in [2.45, 2.75) is 0 Å². The minimum atomic E-state index is -3.64. The molecule has 10 heteroatoms. The summed E-state index contributed by atoms with van der Waals surface area (Å²) in [6.45, 7) is 0. The Labute approximate surface area is 76.7 Å². The van der Waals surface area contributed by atoms with Crippen molar-refractivity contribution in [2.24, 2.45) is 0 Å². The first-order valence-corrected chi connectivity index (χ1v) is 6.18. The second-order valence-electron chi connectivity index (χ2n) is 1.67. The first kappa shape index (κ1) is 14.0. The van der Waals surface area contributed by atoms with Crippen molar-refractivity contribution in [1.29, 1.82) is 0 Å². The van der Waals surface area contributed by atoms with Gasteiger partial charge in [0.05, 0.1) is 0 Å². The van der Waals surface area contributed by atoms with E-state index in [9.17, 15) is 9.13 Å². The fourth-order valence-corrected chi connectivity index (χ4v) is 0. The Morgan fingerprint density at radius 2 is 0.900 bits per heavy atom. The Bertz CT molecular complexity index is 131. The van der Waals surface area contributed by atoms with Crippen LogP contribution in [0.25, 0.3) is 0 Å². The maximum absolute atomic E-state index is 9.33. The van der Waals surface area contributed by atoms with Crippen molar-refractivity contribution in [1.82, 2.24) is 0 Å². The number of hydrogen-bond donors (Lipinski definition) is 4. The van der Waals surface area contributed by atoms with Gasteiger partial charge < -0.3 is 0 Å². The van der Waals surface area contributed by atoms with E-state index in [1.54, 1.807) is 0 Å². The molecule has 0 aliphatic carbocycles. The second kappa shape index (κ2) is 5.20. The van der Waals surface area contributed by atoms with Crippen LogP contribution in [0.3, 0.4) is 0 Å². The first-order valence-electron chi connectivity index (χ1n) is 2.06. The van der Waals surface area contributed by atoms with Gasteiger partial charge >= 0.3 is 76.7 Å². The molecule has 0 amide bonds. The summed E-state index contributed by atoms with van der Waals surface area (Å²) in [4.78, 5) is 30.5. The van der Waals surface area contributed by atoms with E-state index in [0.717, 1.165) is 34.5 Å². The molecule has 0 bridgehead atoms. The molecule has 0 radical (unpaired) electrons. The Balaban J connectivity index is -0.000000107. The SMILES string of the molecule is [H+].[Li][P](=O)(O)O.[Li][P](=O)(O)O. The van der Waals surface area contributed by atoms with Gasteiger partial charge in [-0.25, -0.2) is 0 Å². The molecular formula is H5Li2O6P2+. The van der Waals surface area contributed by atoms with Crippen LogP contribution >= 0.6 is 12.0 Å². The fourth-order valence-electron chi connectivity index (χ4n) is 0. The summed E-state index contributed by atoms with van der Waals surface area (Å²) in [6.07, 6.45) is 0. The molecule has 0 fully saturated rings. The van der Waals surface area contributed by atoms with Gasteiger partial charge in [-0.15, -0.1) is 0 Å². The molecule has 10 heavy (non-hydrogen) atoms. The molecule has 0 unspecified atom stereocenters. The van der Waals surface area contributed by atoms with Crippen LogP contribution < -0.4 is 0 Å². The van der Waals surface area contributed by atoms with Crippen LogP contribution in [0, 0.1) is 0 Å². The Morgan fingerprint density at radius 3 is 0.900 bits per heavy atom. The van der Waals surface area contributed by atoms with Gasteiger partial charge in [-0.3, -0.25) is 0 Å². The van der Waals surface area contributed by atoms with Gasteiger partial charge in [0, 0.05) is 0 Å². The van der Waals surface area contributed by atoms with Crippen molar-refractivity contribution in [2.75, 3.05) is 0 Å². The first-order chi connectivity index (χ1) is 4.00. The molecule has 0 atom stereocenters. The number of rotatable bonds is 0. The Morgan fingerprint density at radius 1 is 0.900 bits per heavy atom. The third-order valence-electron chi connectivity index (χ3n) is 0. The van der Waals surface area contributed by atoms with Crippen LogP contribution in [0.1, 0.15) is 1.43 Å². The zero-order valence-corrected chi connectivity index (χ0v) is 7.29. The summed E-state index contributed by atoms with van der Waals surface area (Å²) in [5, 5.41) is 0. The van der Waals surface area contributed by atoms with Crippen LogP contribution in [0.2, 0.25) is 0 Å². The molecule has 0 spiro atoms. The van der Waals surface area contributed by atoms with Crippen molar-refractivity contribution < 1.29 is 30.1 Å². The van der Waals surface area contributed by atoms with E-state index < -0.39 is 12.0 Å². The molecule has 0 saturated heterocycles. The molecule has 0 rings (SSSR count). The van der Waals surface area contributed by atoms with Crippen molar-refractivity contribution in [3.8, 4) is 0 Å². The van der Waals surface area contributed by atoms with E-state index in [1.807, 2.05) is 0 Å². The van der Waals surface area contributed by atoms with Crippen LogP contribution in [-0.2, 0) is 9.13 Å². The van der Waals surface area contributed by atoms with Gasteiger partial charge in [-0.2, -0.15) is 0 Å². The molecule has 0 aromatic heterocycles. The molecule has 0 aromatic carbocycles. The van der Waals surface area contributed by atoms with Crippen molar-refractivity contribution in [3.05, 3.63) is 0 Å². The molecule has 0 aliphatic rings. The van der Waals surface area contributed by atoms with Crippen molar-refractivity contribution in [3.63, 3.8) is 0 Å². The van der Waals surface area contributed by atoms with E-state index in [2.05, 4.69) is 0 Å². The summed E-state index contributed by atoms with van der Waals surface area (Å²) in [5.41, 5.74) is 0. The van der Waals surface area contributed by atoms with Gasteiger partial charge in [0.2, 0.25) is 0 Å². The van der Waals surface area contributed by atoms with Gasteiger partial charge in [0.15, 0.2) is 0 Å².